The number of carbonyl (C=O) groups is 3. The molecule has 4 fully saturated rings. The maximum Gasteiger partial charge on any atom is 0.305 e. The minimum Gasteiger partial charge on any atom is -0.497 e. The zero-order valence-electron chi connectivity index (χ0n) is 25.6. The van der Waals surface area contributed by atoms with E-state index in [1.807, 2.05) is 23.1 Å². The van der Waals surface area contributed by atoms with E-state index in [2.05, 4.69) is 4.98 Å². The van der Waals surface area contributed by atoms with Crippen molar-refractivity contribution in [1.82, 2.24) is 9.88 Å². The Morgan fingerprint density at radius 3 is 2.37 bits per heavy atom. The van der Waals surface area contributed by atoms with Crippen molar-refractivity contribution in [3.05, 3.63) is 62.6 Å². The molecule has 1 N–H and O–H groups in total. The number of hydrogen-bond acceptors (Lipinski definition) is 9. The van der Waals surface area contributed by atoms with Crippen molar-refractivity contribution in [2.45, 2.75) is 41.9 Å². The highest BCUT2D eigenvalue weighted by atomic mass is 32.2. The fraction of sp³-hybridized carbons (Fsp3) is 0.471. The third-order valence-corrected chi connectivity index (χ3v) is 13.2. The normalized spacial score (nSPS) is 29.4. The van der Waals surface area contributed by atoms with Crippen LogP contribution in [0.25, 0.3) is 0 Å². The number of rotatable bonds is 7. The lowest BCUT2D eigenvalue weighted by Gasteiger charge is -2.43. The van der Waals surface area contributed by atoms with E-state index in [1.165, 1.54) is 16.2 Å². The third kappa shape index (κ3) is 4.58. The molecular formula is C34H35N3O7S2. The van der Waals surface area contributed by atoms with E-state index >= 15 is 0 Å². The molecule has 12 heteroatoms. The summed E-state index contributed by atoms with van der Waals surface area (Å²) in [6.07, 6.45) is 3.98. The maximum atomic E-state index is 14.0. The standard InChI is InChI=1S/C34H35N3O7S2/c1-42-19-9-7-18(8-10-19)37-32(39)27-20-15-21(28(27)33(37)40)29-26(20)25(30-31(45-29)35-34(41)46-30)17-6-11-22(23(14-17)43-2)44-16-24(38)36-12-4-3-5-13-36/h6-11,14,20-21,25-29H,3-5,12-13,15-16H2,1-2H3,(H,35,41)/t20-,21-,25+,26-,27+,28+,29-/m1/s1. The van der Waals surface area contributed by atoms with Crippen LogP contribution >= 0.6 is 23.1 Å². The van der Waals surface area contributed by atoms with Gasteiger partial charge in [-0.05, 0) is 85.4 Å². The van der Waals surface area contributed by atoms with Crippen molar-refractivity contribution < 1.29 is 28.6 Å². The average Bonchev–Trinajstić information content (AvgIpc) is 3.82. The third-order valence-electron chi connectivity index (χ3n) is 10.7. The number of hydrogen-bond donors (Lipinski definition) is 1. The van der Waals surface area contributed by atoms with Crippen molar-refractivity contribution in [2.24, 2.45) is 29.6 Å². The number of amides is 3. The summed E-state index contributed by atoms with van der Waals surface area (Å²) in [5.74, 6) is 0.512. The molecule has 0 radical (unpaired) electrons. The Bertz CT molecular complexity index is 1760. The molecule has 8 rings (SSSR count). The van der Waals surface area contributed by atoms with E-state index in [-0.39, 0.29) is 64.0 Å². The Hall–Kier alpha value is -3.77. The van der Waals surface area contributed by atoms with Crippen LogP contribution in [0.4, 0.5) is 5.69 Å². The minimum atomic E-state index is -0.397. The van der Waals surface area contributed by atoms with Gasteiger partial charge in [-0.1, -0.05) is 17.4 Å². The summed E-state index contributed by atoms with van der Waals surface area (Å²) in [5.41, 5.74) is 1.53. The van der Waals surface area contributed by atoms with Gasteiger partial charge in [0.05, 0.1) is 36.8 Å². The van der Waals surface area contributed by atoms with Gasteiger partial charge in [0.2, 0.25) is 11.8 Å². The van der Waals surface area contributed by atoms with Crippen molar-refractivity contribution in [1.29, 1.82) is 0 Å². The lowest BCUT2D eigenvalue weighted by molar-refractivity contribution is -0.134. The lowest BCUT2D eigenvalue weighted by Crippen LogP contribution is -2.42. The number of anilines is 1. The van der Waals surface area contributed by atoms with E-state index < -0.39 is 5.92 Å². The quantitative estimate of drug-likeness (QED) is 0.368. The number of fused-ring (bicyclic) bond motifs is 9. The Kier molecular flexibility index (Phi) is 7.39. The molecule has 2 saturated heterocycles. The van der Waals surface area contributed by atoms with E-state index in [0.29, 0.717) is 22.9 Å². The van der Waals surface area contributed by atoms with Crippen molar-refractivity contribution in [3.8, 4) is 17.2 Å². The Balaban J connectivity index is 1.11. The molecule has 1 aromatic heterocycles. The number of H-pyrrole nitrogens is 1. The van der Waals surface area contributed by atoms with Gasteiger partial charge in [-0.15, -0.1) is 11.8 Å². The number of imide groups is 1. The predicted molar refractivity (Wildman–Crippen MR) is 173 cm³/mol. The molecule has 2 bridgehead atoms. The van der Waals surface area contributed by atoms with Crippen LogP contribution in [0.2, 0.25) is 0 Å². The molecule has 46 heavy (non-hydrogen) atoms. The first kappa shape index (κ1) is 29.6. The lowest BCUT2D eigenvalue weighted by atomic mass is 9.68. The van der Waals surface area contributed by atoms with Gasteiger partial charge in [0.1, 0.15) is 5.75 Å². The number of nitrogens with one attached hydrogen (secondary N) is 1. The molecule has 7 atom stereocenters. The number of thioether (sulfide) groups is 1. The summed E-state index contributed by atoms with van der Waals surface area (Å²) < 4.78 is 17.0. The number of benzene rings is 2. The van der Waals surface area contributed by atoms with Crippen LogP contribution in [0, 0.1) is 29.6 Å². The van der Waals surface area contributed by atoms with Gasteiger partial charge in [0.15, 0.2) is 18.1 Å². The summed E-state index contributed by atoms with van der Waals surface area (Å²) in [6, 6.07) is 12.8. The van der Waals surface area contributed by atoms with Crippen LogP contribution in [-0.4, -0.2) is 66.8 Å². The number of aromatic nitrogens is 1. The van der Waals surface area contributed by atoms with E-state index in [1.54, 1.807) is 50.2 Å². The molecule has 5 aliphatic rings. The number of thiazole rings is 1. The number of likely N-dealkylation sites (tertiary alicyclic amines) is 1. The zero-order chi connectivity index (χ0) is 31.7. The first-order chi connectivity index (χ1) is 22.4. The van der Waals surface area contributed by atoms with Crippen molar-refractivity contribution >= 4 is 46.5 Å². The summed E-state index contributed by atoms with van der Waals surface area (Å²) in [4.78, 5) is 60.5. The number of carbonyl (C=O) groups excluding carboxylic acids is 3. The number of methoxy groups -OCH3 is 2. The van der Waals surface area contributed by atoms with Crippen LogP contribution in [-0.2, 0) is 14.4 Å². The highest BCUT2D eigenvalue weighted by Gasteiger charge is 2.69. The number of aromatic amines is 1. The van der Waals surface area contributed by atoms with Gasteiger partial charge in [-0.2, -0.15) is 0 Å². The van der Waals surface area contributed by atoms with Crippen molar-refractivity contribution in [3.63, 3.8) is 0 Å². The molecule has 3 aliphatic heterocycles. The largest absolute Gasteiger partial charge is 0.497 e. The molecular weight excluding hydrogens is 627 g/mol. The van der Waals surface area contributed by atoms with Crippen molar-refractivity contribution in [2.75, 3.05) is 38.8 Å². The van der Waals surface area contributed by atoms with Gasteiger partial charge in [-0.25, -0.2) is 0 Å². The van der Waals surface area contributed by atoms with Gasteiger partial charge < -0.3 is 24.1 Å². The second-order valence-electron chi connectivity index (χ2n) is 12.8. The molecule has 3 amide bonds. The van der Waals surface area contributed by atoms with Crippen LogP contribution < -0.4 is 24.0 Å². The fourth-order valence-electron chi connectivity index (χ4n) is 8.75. The Morgan fingerprint density at radius 2 is 1.65 bits per heavy atom. The van der Waals surface area contributed by atoms with Crippen LogP contribution in [0.15, 0.2) is 52.3 Å². The smallest absolute Gasteiger partial charge is 0.305 e. The summed E-state index contributed by atoms with van der Waals surface area (Å²) in [5, 5.41) is 0.922. The number of piperidine rings is 1. The van der Waals surface area contributed by atoms with Gasteiger partial charge in [0, 0.05) is 29.1 Å². The first-order valence-electron chi connectivity index (χ1n) is 15.9. The molecule has 0 spiro atoms. The zero-order valence-corrected chi connectivity index (χ0v) is 27.2. The SMILES string of the molecule is COc1ccc(N2C(=O)[C@H]3[C@H]4C[C@@H]([C@@H]3C2=O)[C@@H]2[C@H](c3ccc(OCC(=O)N5CCCCC5)c(OC)c3)c3sc(=O)[nH]c3S[C@H]42)cc1. The monoisotopic (exact) mass is 661 g/mol. The number of ether oxygens (including phenoxy) is 3. The molecule has 2 saturated carbocycles. The molecule has 240 valence electrons. The summed E-state index contributed by atoms with van der Waals surface area (Å²) >= 11 is 2.88. The fourth-order valence-corrected chi connectivity index (χ4v) is 11.6. The Labute approximate surface area is 274 Å². The van der Waals surface area contributed by atoms with Crippen LogP contribution in [0.3, 0.4) is 0 Å². The van der Waals surface area contributed by atoms with Crippen LogP contribution in [0.5, 0.6) is 17.2 Å². The maximum absolute atomic E-state index is 14.0. The summed E-state index contributed by atoms with van der Waals surface area (Å²) in [6.45, 7) is 1.47. The van der Waals surface area contributed by atoms with Crippen LogP contribution in [0.1, 0.15) is 42.0 Å². The molecule has 2 aliphatic carbocycles. The molecule has 3 aromatic rings. The number of nitrogens with zero attached hydrogens (tertiary/aromatic N) is 2. The minimum absolute atomic E-state index is 0.00774. The molecule has 0 unspecified atom stereocenters. The van der Waals surface area contributed by atoms with E-state index in [9.17, 15) is 19.2 Å². The highest BCUT2D eigenvalue weighted by molar-refractivity contribution is 8.00. The molecule has 4 heterocycles. The van der Waals surface area contributed by atoms with Gasteiger partial charge in [0.25, 0.3) is 5.91 Å². The molecule has 2 aromatic carbocycles. The average molecular weight is 662 g/mol. The second kappa shape index (κ2) is 11.5. The first-order valence-corrected chi connectivity index (χ1v) is 17.6. The van der Waals surface area contributed by atoms with E-state index in [0.717, 1.165) is 54.2 Å². The highest BCUT2D eigenvalue weighted by Crippen LogP contribution is 2.68. The van der Waals surface area contributed by atoms with Gasteiger partial charge in [-0.3, -0.25) is 24.1 Å². The summed E-state index contributed by atoms with van der Waals surface area (Å²) in [7, 11) is 3.16. The second-order valence-corrected chi connectivity index (χ2v) is 15.0. The molecule has 10 nitrogen and oxygen atoms in total. The Morgan fingerprint density at radius 1 is 0.913 bits per heavy atom. The topological polar surface area (TPSA) is 118 Å². The van der Waals surface area contributed by atoms with Gasteiger partial charge >= 0.3 is 4.87 Å². The van der Waals surface area contributed by atoms with E-state index in [4.69, 9.17) is 14.2 Å². The predicted octanol–water partition coefficient (Wildman–Crippen LogP) is 4.52.